The predicted molar refractivity (Wildman–Crippen MR) is 120 cm³/mol. The van der Waals surface area contributed by atoms with Crippen LogP contribution in [0.5, 0.6) is 0 Å². The Labute approximate surface area is 192 Å². The third-order valence-electron chi connectivity index (χ3n) is 5.02. The van der Waals surface area contributed by atoms with Crippen molar-refractivity contribution in [2.75, 3.05) is 26.3 Å². The summed E-state index contributed by atoms with van der Waals surface area (Å²) in [5.74, 6) is -0.561. The van der Waals surface area contributed by atoms with Crippen LogP contribution in [0.1, 0.15) is 16.8 Å². The summed E-state index contributed by atoms with van der Waals surface area (Å²) in [5, 5.41) is 8.07. The van der Waals surface area contributed by atoms with Crippen LogP contribution in [0.2, 0.25) is 0 Å². The lowest BCUT2D eigenvalue weighted by molar-refractivity contribution is -0.138. The quantitative estimate of drug-likeness (QED) is 0.368. The van der Waals surface area contributed by atoms with Gasteiger partial charge in [0.05, 0.1) is 30.9 Å². The average molecular weight is 469 g/mol. The number of ether oxygens (including phenoxy) is 2. The highest BCUT2D eigenvalue weighted by molar-refractivity contribution is 7.89. The lowest BCUT2D eigenvalue weighted by Gasteiger charge is -2.26. The monoisotopic (exact) mass is 468 g/mol. The van der Waals surface area contributed by atoms with Crippen molar-refractivity contribution in [1.82, 2.24) is 19.3 Å². The molecule has 10 heteroatoms. The normalized spacial score (nSPS) is 15.0. The number of hydrogen-bond acceptors (Lipinski definition) is 7. The zero-order chi connectivity index (χ0) is 23.1. The number of rotatable bonds is 8. The highest BCUT2D eigenvalue weighted by atomic mass is 32.2. The smallest absolute Gasteiger partial charge is 0.331 e. The summed E-state index contributed by atoms with van der Waals surface area (Å²) in [6.07, 6.45) is 4.53. The van der Waals surface area contributed by atoms with E-state index in [0.717, 1.165) is 5.56 Å². The number of carbonyl (C=O) groups is 1. The topological polar surface area (TPSA) is 104 Å². The summed E-state index contributed by atoms with van der Waals surface area (Å²) in [7, 11) is -3.61. The Morgan fingerprint density at radius 1 is 1.06 bits per heavy atom. The van der Waals surface area contributed by atoms with Crippen LogP contribution in [0.4, 0.5) is 0 Å². The van der Waals surface area contributed by atoms with Crippen LogP contribution < -0.4 is 0 Å². The minimum Gasteiger partial charge on any atom is -0.458 e. The Kier molecular flexibility index (Phi) is 7.28. The van der Waals surface area contributed by atoms with E-state index < -0.39 is 16.0 Å². The highest BCUT2D eigenvalue weighted by Gasteiger charge is 2.26. The molecule has 33 heavy (non-hydrogen) atoms. The van der Waals surface area contributed by atoms with Crippen molar-refractivity contribution in [3.05, 3.63) is 83.7 Å². The number of benzene rings is 2. The Balaban J connectivity index is 1.32. The Bertz CT molecular complexity index is 1220. The third-order valence-corrected chi connectivity index (χ3v) is 6.92. The maximum absolute atomic E-state index is 12.8. The van der Waals surface area contributed by atoms with E-state index in [0.29, 0.717) is 44.1 Å². The molecule has 1 saturated heterocycles. The lowest BCUT2D eigenvalue weighted by Crippen LogP contribution is -2.40. The first-order valence-electron chi connectivity index (χ1n) is 10.5. The Hall–Kier alpha value is -3.34. The molecule has 1 aliphatic heterocycles. The van der Waals surface area contributed by atoms with Crippen molar-refractivity contribution in [2.24, 2.45) is 0 Å². The number of sulfonamides is 1. The van der Waals surface area contributed by atoms with Gasteiger partial charge in [0, 0.05) is 19.2 Å². The van der Waals surface area contributed by atoms with Crippen molar-refractivity contribution >= 4 is 22.1 Å². The van der Waals surface area contributed by atoms with E-state index in [1.54, 1.807) is 23.0 Å². The van der Waals surface area contributed by atoms with Gasteiger partial charge in [-0.25, -0.2) is 17.9 Å². The molecular formula is C23H24N4O5S. The minimum atomic E-state index is -3.61. The van der Waals surface area contributed by atoms with Crippen LogP contribution in [0, 0.1) is 0 Å². The van der Waals surface area contributed by atoms with E-state index in [2.05, 4.69) is 10.3 Å². The number of morpholine rings is 1. The largest absolute Gasteiger partial charge is 0.458 e. The van der Waals surface area contributed by atoms with Crippen molar-refractivity contribution in [3.63, 3.8) is 0 Å². The van der Waals surface area contributed by atoms with Gasteiger partial charge in [-0.15, -0.1) is 5.10 Å². The zero-order valence-electron chi connectivity index (χ0n) is 17.9. The van der Waals surface area contributed by atoms with Gasteiger partial charge in [-0.1, -0.05) is 47.7 Å². The molecule has 0 saturated carbocycles. The van der Waals surface area contributed by atoms with Gasteiger partial charge in [0.15, 0.2) is 0 Å². The van der Waals surface area contributed by atoms with Gasteiger partial charge in [-0.2, -0.15) is 4.31 Å². The maximum atomic E-state index is 12.8. The number of nitrogens with zero attached hydrogens (tertiary/aromatic N) is 4. The molecule has 0 spiro atoms. The fourth-order valence-electron chi connectivity index (χ4n) is 3.33. The number of esters is 1. The summed E-state index contributed by atoms with van der Waals surface area (Å²) in [6, 6.07) is 16.3. The molecule has 0 bridgehead atoms. The number of carbonyl (C=O) groups excluding carboxylic acids is 1. The first-order chi connectivity index (χ1) is 16.0. The molecule has 0 N–H and O–H groups in total. The van der Waals surface area contributed by atoms with Crippen molar-refractivity contribution < 1.29 is 22.7 Å². The summed E-state index contributed by atoms with van der Waals surface area (Å²) < 4.78 is 39.1. The zero-order valence-corrected chi connectivity index (χ0v) is 18.7. The molecule has 2 heterocycles. The number of aromatic nitrogens is 3. The molecular weight excluding hydrogens is 444 g/mol. The first-order valence-corrected chi connectivity index (χ1v) is 11.9. The SMILES string of the molecule is O=C(/C=C/c1cn(Cc2ccccc2)nn1)OCc1cccc(S(=O)(=O)N2CCOCC2)c1. The molecule has 0 radical (unpaired) electrons. The van der Waals surface area contributed by atoms with E-state index >= 15 is 0 Å². The molecule has 0 unspecified atom stereocenters. The molecule has 0 atom stereocenters. The highest BCUT2D eigenvalue weighted by Crippen LogP contribution is 2.19. The van der Waals surface area contributed by atoms with Crippen LogP contribution in [-0.2, 0) is 37.4 Å². The van der Waals surface area contributed by atoms with Crippen molar-refractivity contribution in [2.45, 2.75) is 18.0 Å². The summed E-state index contributed by atoms with van der Waals surface area (Å²) >= 11 is 0. The van der Waals surface area contributed by atoms with Gasteiger partial charge in [0.1, 0.15) is 12.3 Å². The average Bonchev–Trinajstić information content (AvgIpc) is 3.30. The summed E-state index contributed by atoms with van der Waals surface area (Å²) in [6.45, 7) is 1.93. The molecule has 3 aromatic rings. The third kappa shape index (κ3) is 6.13. The van der Waals surface area contributed by atoms with Gasteiger partial charge in [-0.05, 0) is 29.3 Å². The van der Waals surface area contributed by atoms with Crippen molar-refractivity contribution in [3.8, 4) is 0 Å². The molecule has 1 aliphatic rings. The van der Waals surface area contributed by atoms with Gasteiger partial charge in [-0.3, -0.25) is 0 Å². The van der Waals surface area contributed by atoms with Crippen LogP contribution in [0.15, 0.2) is 71.8 Å². The molecule has 0 amide bonds. The Morgan fingerprint density at radius 2 is 1.82 bits per heavy atom. The maximum Gasteiger partial charge on any atom is 0.331 e. The van der Waals surface area contributed by atoms with Crippen molar-refractivity contribution in [1.29, 1.82) is 0 Å². The second-order valence-electron chi connectivity index (χ2n) is 7.43. The molecule has 2 aromatic carbocycles. The van der Waals surface area contributed by atoms with Gasteiger partial charge in [0.25, 0.3) is 0 Å². The minimum absolute atomic E-state index is 0.0453. The summed E-state index contributed by atoms with van der Waals surface area (Å²) in [5.41, 5.74) is 2.21. The Morgan fingerprint density at radius 3 is 2.61 bits per heavy atom. The van der Waals surface area contributed by atoms with Crippen LogP contribution >= 0.6 is 0 Å². The van der Waals surface area contributed by atoms with E-state index in [1.807, 2.05) is 30.3 Å². The van der Waals surface area contributed by atoms with Gasteiger partial charge < -0.3 is 9.47 Å². The predicted octanol–water partition coefficient (Wildman–Crippen LogP) is 2.10. The summed E-state index contributed by atoms with van der Waals surface area (Å²) in [4.78, 5) is 12.3. The molecule has 0 aliphatic carbocycles. The second kappa shape index (κ2) is 10.5. The van der Waals surface area contributed by atoms with E-state index in [9.17, 15) is 13.2 Å². The van der Waals surface area contributed by atoms with E-state index in [-0.39, 0.29) is 11.5 Å². The van der Waals surface area contributed by atoms with E-state index in [1.165, 1.54) is 28.6 Å². The van der Waals surface area contributed by atoms with Gasteiger partial charge in [0.2, 0.25) is 10.0 Å². The number of hydrogen-bond donors (Lipinski definition) is 0. The molecule has 9 nitrogen and oxygen atoms in total. The molecule has 1 fully saturated rings. The van der Waals surface area contributed by atoms with Crippen LogP contribution in [-0.4, -0.2) is 60.0 Å². The molecule has 4 rings (SSSR count). The fraction of sp³-hybridized carbons (Fsp3) is 0.261. The first kappa shape index (κ1) is 22.8. The standard InChI is InChI=1S/C23H24N4O5S/c28-23(10-9-21-17-26(25-24-21)16-19-5-2-1-3-6-19)32-18-20-7-4-8-22(15-20)33(29,30)27-11-13-31-14-12-27/h1-10,15,17H,11-14,16,18H2/b10-9+. The molecule has 172 valence electrons. The van der Waals surface area contributed by atoms with E-state index in [4.69, 9.17) is 9.47 Å². The van der Waals surface area contributed by atoms with Gasteiger partial charge >= 0.3 is 5.97 Å². The lowest BCUT2D eigenvalue weighted by atomic mass is 10.2. The second-order valence-corrected chi connectivity index (χ2v) is 9.37. The molecule has 1 aromatic heterocycles. The van der Waals surface area contributed by atoms with Crippen LogP contribution in [0.25, 0.3) is 6.08 Å². The fourth-order valence-corrected chi connectivity index (χ4v) is 4.80. The van der Waals surface area contributed by atoms with Crippen LogP contribution in [0.3, 0.4) is 0 Å².